The minimum atomic E-state index is 0.228. The Balaban J connectivity index is 2.35. The monoisotopic (exact) mass is 321 g/mol. The Kier molecular flexibility index (Phi) is 8.52. The van der Waals surface area contributed by atoms with Gasteiger partial charge in [0.25, 0.3) is 0 Å². The van der Waals surface area contributed by atoms with Gasteiger partial charge in [0.15, 0.2) is 0 Å². The summed E-state index contributed by atoms with van der Waals surface area (Å²) in [5.74, 6) is 2.83. The van der Waals surface area contributed by atoms with Crippen molar-refractivity contribution in [2.75, 3.05) is 26.8 Å². The molecule has 0 atom stereocenters. The van der Waals surface area contributed by atoms with Gasteiger partial charge in [0.1, 0.15) is 11.5 Å². The molecule has 0 saturated carbocycles. The minimum Gasteiger partial charge on any atom is -0.497 e. The highest BCUT2D eigenvalue weighted by atomic mass is 16.5. The molecule has 0 aliphatic rings. The van der Waals surface area contributed by atoms with Crippen LogP contribution in [0.5, 0.6) is 11.5 Å². The predicted octanol–water partition coefficient (Wildman–Crippen LogP) is 3.99. The smallest absolute Gasteiger partial charge is 0.222 e. The fraction of sp³-hybridized carbons (Fsp3) is 0.632. The molecule has 0 aliphatic heterocycles. The Morgan fingerprint density at radius 3 is 2.00 bits per heavy atom. The van der Waals surface area contributed by atoms with Crippen LogP contribution >= 0.6 is 0 Å². The van der Waals surface area contributed by atoms with Gasteiger partial charge in [0.05, 0.1) is 13.7 Å². The van der Waals surface area contributed by atoms with E-state index in [-0.39, 0.29) is 5.91 Å². The molecule has 0 spiro atoms. The van der Waals surface area contributed by atoms with E-state index in [1.165, 1.54) is 0 Å². The Morgan fingerprint density at radius 2 is 1.52 bits per heavy atom. The third kappa shape index (κ3) is 7.91. The van der Waals surface area contributed by atoms with Gasteiger partial charge in [-0.1, -0.05) is 27.7 Å². The molecule has 0 aromatic heterocycles. The van der Waals surface area contributed by atoms with Gasteiger partial charge in [-0.3, -0.25) is 4.79 Å². The molecule has 4 heteroatoms. The van der Waals surface area contributed by atoms with E-state index in [2.05, 4.69) is 27.7 Å². The second-order valence-corrected chi connectivity index (χ2v) is 6.71. The average Bonchev–Trinajstić information content (AvgIpc) is 2.50. The standard InChI is InChI=1S/C19H31NO3/c1-15(2)13-20(14-16(3)4)19(21)7-6-12-23-18-10-8-17(22-5)9-11-18/h8-11,15-16H,6-7,12-14H2,1-5H3. The summed E-state index contributed by atoms with van der Waals surface area (Å²) in [6.07, 6.45) is 1.27. The molecule has 0 aliphatic carbocycles. The molecule has 0 bridgehead atoms. The molecule has 1 aromatic carbocycles. The quantitative estimate of drug-likeness (QED) is 0.612. The molecule has 1 aromatic rings. The number of amides is 1. The predicted molar refractivity (Wildman–Crippen MR) is 94.0 cm³/mol. The first-order valence-corrected chi connectivity index (χ1v) is 8.47. The molecule has 1 rings (SSSR count). The number of methoxy groups -OCH3 is 1. The summed E-state index contributed by atoms with van der Waals surface area (Å²) < 4.78 is 10.8. The van der Waals surface area contributed by atoms with E-state index in [1.54, 1.807) is 7.11 Å². The second-order valence-electron chi connectivity index (χ2n) is 6.71. The van der Waals surface area contributed by atoms with Crippen molar-refractivity contribution in [1.82, 2.24) is 4.90 Å². The maximum atomic E-state index is 12.4. The maximum Gasteiger partial charge on any atom is 0.222 e. The van der Waals surface area contributed by atoms with Crippen molar-refractivity contribution < 1.29 is 14.3 Å². The fourth-order valence-electron chi connectivity index (χ4n) is 2.40. The van der Waals surface area contributed by atoms with Crippen LogP contribution in [0.3, 0.4) is 0 Å². The van der Waals surface area contributed by atoms with Crippen LogP contribution in [0.4, 0.5) is 0 Å². The molecule has 0 radical (unpaired) electrons. The van der Waals surface area contributed by atoms with Gasteiger partial charge in [0.2, 0.25) is 5.91 Å². The summed E-state index contributed by atoms with van der Waals surface area (Å²) in [5, 5.41) is 0. The third-order valence-electron chi connectivity index (χ3n) is 3.39. The highest BCUT2D eigenvalue weighted by Gasteiger charge is 2.15. The van der Waals surface area contributed by atoms with Crippen LogP contribution in [-0.4, -0.2) is 37.6 Å². The van der Waals surface area contributed by atoms with Crippen LogP contribution in [0.2, 0.25) is 0 Å². The molecule has 0 saturated heterocycles. The summed E-state index contributed by atoms with van der Waals surface area (Å²) in [6, 6.07) is 7.50. The largest absolute Gasteiger partial charge is 0.497 e. The van der Waals surface area contributed by atoms with Gasteiger partial charge in [-0.2, -0.15) is 0 Å². The summed E-state index contributed by atoms with van der Waals surface area (Å²) in [4.78, 5) is 14.4. The molecular weight excluding hydrogens is 290 g/mol. The zero-order valence-electron chi connectivity index (χ0n) is 15.2. The van der Waals surface area contributed by atoms with E-state index >= 15 is 0 Å². The molecule has 23 heavy (non-hydrogen) atoms. The van der Waals surface area contributed by atoms with Gasteiger partial charge in [-0.05, 0) is 42.5 Å². The first-order valence-electron chi connectivity index (χ1n) is 8.47. The maximum absolute atomic E-state index is 12.4. The van der Waals surface area contributed by atoms with Crippen molar-refractivity contribution in [1.29, 1.82) is 0 Å². The lowest BCUT2D eigenvalue weighted by Gasteiger charge is -2.26. The van der Waals surface area contributed by atoms with E-state index < -0.39 is 0 Å². The van der Waals surface area contributed by atoms with Crippen LogP contribution in [0.25, 0.3) is 0 Å². The molecule has 1 amide bonds. The number of ether oxygens (including phenoxy) is 2. The molecule has 4 nitrogen and oxygen atoms in total. The molecule has 0 heterocycles. The average molecular weight is 321 g/mol. The third-order valence-corrected chi connectivity index (χ3v) is 3.39. The summed E-state index contributed by atoms with van der Waals surface area (Å²) in [6.45, 7) is 10.8. The van der Waals surface area contributed by atoms with Crippen LogP contribution in [0.15, 0.2) is 24.3 Å². The molecule has 0 N–H and O–H groups in total. The van der Waals surface area contributed by atoms with E-state index in [9.17, 15) is 4.79 Å². The van der Waals surface area contributed by atoms with Crippen molar-refractivity contribution in [2.24, 2.45) is 11.8 Å². The van der Waals surface area contributed by atoms with E-state index in [0.717, 1.165) is 31.0 Å². The number of carbonyl (C=O) groups is 1. The molecular formula is C19H31NO3. The van der Waals surface area contributed by atoms with Crippen LogP contribution < -0.4 is 9.47 Å². The topological polar surface area (TPSA) is 38.8 Å². The van der Waals surface area contributed by atoms with Crippen LogP contribution in [0.1, 0.15) is 40.5 Å². The first-order chi connectivity index (χ1) is 10.9. The van der Waals surface area contributed by atoms with Crippen molar-refractivity contribution in [3.8, 4) is 11.5 Å². The fourth-order valence-corrected chi connectivity index (χ4v) is 2.40. The highest BCUT2D eigenvalue weighted by Crippen LogP contribution is 2.17. The van der Waals surface area contributed by atoms with Crippen LogP contribution in [-0.2, 0) is 4.79 Å². The second kappa shape index (κ2) is 10.1. The van der Waals surface area contributed by atoms with E-state index in [4.69, 9.17) is 9.47 Å². The zero-order chi connectivity index (χ0) is 17.2. The highest BCUT2D eigenvalue weighted by molar-refractivity contribution is 5.76. The van der Waals surface area contributed by atoms with Gasteiger partial charge in [0, 0.05) is 19.5 Å². The summed E-state index contributed by atoms with van der Waals surface area (Å²) in [5.41, 5.74) is 0. The zero-order valence-corrected chi connectivity index (χ0v) is 15.2. The number of hydrogen-bond acceptors (Lipinski definition) is 3. The van der Waals surface area contributed by atoms with Gasteiger partial charge < -0.3 is 14.4 Å². The van der Waals surface area contributed by atoms with Crippen molar-refractivity contribution in [3.05, 3.63) is 24.3 Å². The van der Waals surface area contributed by atoms with E-state index in [1.807, 2.05) is 29.2 Å². The van der Waals surface area contributed by atoms with Crippen molar-refractivity contribution in [3.63, 3.8) is 0 Å². The number of benzene rings is 1. The number of rotatable bonds is 10. The SMILES string of the molecule is COc1ccc(OCCCC(=O)N(CC(C)C)CC(C)C)cc1. The Morgan fingerprint density at radius 1 is 1.00 bits per heavy atom. The Hall–Kier alpha value is -1.71. The number of hydrogen-bond donors (Lipinski definition) is 0. The van der Waals surface area contributed by atoms with Crippen LogP contribution in [0, 0.1) is 11.8 Å². The normalized spacial score (nSPS) is 10.9. The van der Waals surface area contributed by atoms with Gasteiger partial charge in [-0.15, -0.1) is 0 Å². The molecule has 0 fully saturated rings. The van der Waals surface area contributed by atoms with Crippen molar-refractivity contribution in [2.45, 2.75) is 40.5 Å². The lowest BCUT2D eigenvalue weighted by atomic mass is 10.1. The molecule has 130 valence electrons. The summed E-state index contributed by atoms with van der Waals surface area (Å²) >= 11 is 0. The molecule has 0 unspecified atom stereocenters. The van der Waals surface area contributed by atoms with Crippen molar-refractivity contribution >= 4 is 5.91 Å². The van der Waals surface area contributed by atoms with E-state index in [0.29, 0.717) is 24.9 Å². The Labute approximate surface area is 140 Å². The minimum absolute atomic E-state index is 0.228. The summed E-state index contributed by atoms with van der Waals surface area (Å²) in [7, 11) is 1.64. The lowest BCUT2D eigenvalue weighted by molar-refractivity contribution is -0.132. The first kappa shape index (κ1) is 19.3. The Bertz CT molecular complexity index is 444. The lowest BCUT2D eigenvalue weighted by Crippen LogP contribution is -2.37. The van der Waals surface area contributed by atoms with Gasteiger partial charge >= 0.3 is 0 Å². The number of nitrogens with zero attached hydrogens (tertiary/aromatic N) is 1. The van der Waals surface area contributed by atoms with Gasteiger partial charge in [-0.25, -0.2) is 0 Å². The number of carbonyl (C=O) groups excluding carboxylic acids is 1.